The molecule has 11 heteroatoms. The first kappa shape index (κ1) is 19.6. The molecule has 0 bridgehead atoms. The number of aromatic nitrogens is 4. The Morgan fingerprint density at radius 1 is 1.33 bits per heavy atom. The number of aliphatic hydroxyl groups is 2. The van der Waals surface area contributed by atoms with Gasteiger partial charge in [0.15, 0.2) is 17.0 Å². The van der Waals surface area contributed by atoms with E-state index in [0.717, 1.165) is 24.0 Å². The molecule has 1 amide bonds. The molecule has 9 nitrogen and oxygen atoms in total. The summed E-state index contributed by atoms with van der Waals surface area (Å²) in [7, 11) is 0. The van der Waals surface area contributed by atoms with Gasteiger partial charge >= 0.3 is 0 Å². The lowest BCUT2D eigenvalue weighted by atomic mass is 10.0. The number of primary amides is 1. The number of carbonyl (C=O) groups is 1. The van der Waals surface area contributed by atoms with E-state index in [1.165, 1.54) is 11.8 Å². The molecule has 0 radical (unpaired) electrons. The van der Waals surface area contributed by atoms with Gasteiger partial charge in [0, 0.05) is 11.3 Å². The molecular weight excluding hydrogens is 428 g/mol. The lowest BCUT2D eigenvalue weighted by Crippen LogP contribution is -2.27. The Morgan fingerprint density at radius 2 is 2.17 bits per heavy atom. The number of rotatable bonds is 4. The number of fused-ring (bicyclic) bond motifs is 2. The van der Waals surface area contributed by atoms with E-state index in [2.05, 4.69) is 20.3 Å². The van der Waals surface area contributed by atoms with Crippen LogP contribution in [0.3, 0.4) is 0 Å². The third kappa shape index (κ3) is 3.11. The molecule has 2 aliphatic rings. The highest BCUT2D eigenvalue weighted by atomic mass is 35.5. The molecular formula is C19H19ClN6O3S. The fourth-order valence-electron chi connectivity index (χ4n) is 4.21. The van der Waals surface area contributed by atoms with Gasteiger partial charge in [-0.3, -0.25) is 9.36 Å². The van der Waals surface area contributed by atoms with Gasteiger partial charge in [-0.05, 0) is 41.6 Å². The van der Waals surface area contributed by atoms with Gasteiger partial charge in [-0.2, -0.15) is 9.97 Å². The number of nitrogens with one attached hydrogen (secondary N) is 1. The first-order valence-corrected chi connectivity index (χ1v) is 10.9. The molecule has 1 aromatic carbocycles. The van der Waals surface area contributed by atoms with Crippen LogP contribution in [0.25, 0.3) is 11.2 Å². The molecule has 0 saturated carbocycles. The highest BCUT2D eigenvalue weighted by Crippen LogP contribution is 2.40. The molecule has 1 saturated heterocycles. The first-order valence-electron chi connectivity index (χ1n) is 9.50. The minimum absolute atomic E-state index is 0.0499. The second-order valence-corrected chi connectivity index (χ2v) is 8.91. The quantitative estimate of drug-likeness (QED) is 0.443. The maximum Gasteiger partial charge on any atom is 0.248 e. The number of hydrogen-bond donors (Lipinski definition) is 4. The fourth-order valence-corrected chi connectivity index (χ4v) is 5.66. The van der Waals surface area contributed by atoms with Crippen molar-refractivity contribution < 1.29 is 15.0 Å². The summed E-state index contributed by atoms with van der Waals surface area (Å²) in [5.41, 5.74) is 9.00. The first-order chi connectivity index (χ1) is 14.4. The minimum Gasteiger partial charge on any atom is -0.389 e. The number of benzene rings is 1. The third-order valence-electron chi connectivity index (χ3n) is 5.64. The number of halogens is 1. The van der Waals surface area contributed by atoms with Gasteiger partial charge in [0.2, 0.25) is 11.2 Å². The standard InChI is InChI=1S/C19H19ClN6O3S/c20-19-24-16(23-11-5-4-8-9(11)2-1-3-10(8)15(21)29)13-17(25-19)26(7-22-13)18-14(28)12(27)6-30-18/h1-3,7,11-12,14,18,27-28H,4-6H2,(H2,21,29)(H,23,24,25)/t11-,12-,14-,18-/m1/s1. The predicted molar refractivity (Wildman–Crippen MR) is 113 cm³/mol. The summed E-state index contributed by atoms with van der Waals surface area (Å²) in [6, 6.07) is 5.45. The van der Waals surface area contributed by atoms with E-state index in [1.807, 2.05) is 12.1 Å². The van der Waals surface area contributed by atoms with Crippen LogP contribution in [-0.2, 0) is 6.42 Å². The van der Waals surface area contributed by atoms with Gasteiger partial charge in [-0.25, -0.2) is 4.98 Å². The van der Waals surface area contributed by atoms with E-state index in [-0.39, 0.29) is 11.3 Å². The molecule has 156 valence electrons. The van der Waals surface area contributed by atoms with Crippen LogP contribution in [0.15, 0.2) is 24.5 Å². The molecule has 5 rings (SSSR count). The fraction of sp³-hybridized carbons (Fsp3) is 0.368. The van der Waals surface area contributed by atoms with Gasteiger partial charge in [0.1, 0.15) is 11.5 Å². The summed E-state index contributed by atoms with van der Waals surface area (Å²) in [6.45, 7) is 0. The second kappa shape index (κ2) is 7.38. The van der Waals surface area contributed by atoms with Crippen LogP contribution < -0.4 is 11.1 Å². The summed E-state index contributed by atoms with van der Waals surface area (Å²) < 4.78 is 1.72. The molecule has 1 aliphatic carbocycles. The van der Waals surface area contributed by atoms with Gasteiger partial charge in [0.25, 0.3) is 0 Å². The summed E-state index contributed by atoms with van der Waals surface area (Å²) in [4.78, 5) is 24.8. The van der Waals surface area contributed by atoms with Crippen LogP contribution >= 0.6 is 23.4 Å². The van der Waals surface area contributed by atoms with Crippen LogP contribution in [0.5, 0.6) is 0 Å². The summed E-state index contributed by atoms with van der Waals surface area (Å²) >= 11 is 7.62. The number of thioether (sulfide) groups is 1. The normalized spacial score (nSPS) is 25.6. The molecule has 2 aromatic heterocycles. The number of anilines is 1. The molecule has 5 N–H and O–H groups in total. The number of amides is 1. The van der Waals surface area contributed by atoms with E-state index in [4.69, 9.17) is 17.3 Å². The average Bonchev–Trinajstić information content (AvgIpc) is 3.40. The number of nitrogens with zero attached hydrogens (tertiary/aromatic N) is 4. The summed E-state index contributed by atoms with van der Waals surface area (Å²) in [5, 5.41) is 23.2. The monoisotopic (exact) mass is 446 g/mol. The smallest absolute Gasteiger partial charge is 0.248 e. The zero-order valence-electron chi connectivity index (χ0n) is 15.7. The Balaban J connectivity index is 1.52. The molecule has 1 fully saturated rings. The Bertz CT molecular complexity index is 1150. The van der Waals surface area contributed by atoms with Crippen molar-refractivity contribution >= 4 is 46.3 Å². The van der Waals surface area contributed by atoms with Crippen molar-refractivity contribution in [2.45, 2.75) is 36.5 Å². The molecule has 0 unspecified atom stereocenters. The number of imidazole rings is 1. The van der Waals surface area contributed by atoms with Crippen molar-refractivity contribution in [3.05, 3.63) is 46.5 Å². The van der Waals surface area contributed by atoms with Gasteiger partial charge in [0.05, 0.1) is 18.5 Å². The molecule has 4 atom stereocenters. The second-order valence-electron chi connectivity index (χ2n) is 7.42. The lowest BCUT2D eigenvalue weighted by molar-refractivity contribution is 0.0313. The highest BCUT2D eigenvalue weighted by molar-refractivity contribution is 7.99. The Morgan fingerprint density at radius 3 is 2.90 bits per heavy atom. The van der Waals surface area contributed by atoms with Crippen LogP contribution in [0, 0.1) is 0 Å². The van der Waals surface area contributed by atoms with E-state index in [0.29, 0.717) is 28.3 Å². The molecule has 3 aromatic rings. The van der Waals surface area contributed by atoms with Crippen molar-refractivity contribution in [2.24, 2.45) is 5.73 Å². The van der Waals surface area contributed by atoms with Gasteiger partial charge < -0.3 is 21.3 Å². The zero-order chi connectivity index (χ0) is 21.0. The summed E-state index contributed by atoms with van der Waals surface area (Å²) in [6.07, 6.45) is 1.35. The number of nitrogens with two attached hydrogens (primary N) is 1. The highest BCUT2D eigenvalue weighted by Gasteiger charge is 2.37. The topological polar surface area (TPSA) is 139 Å². The van der Waals surface area contributed by atoms with Crippen molar-refractivity contribution in [3.63, 3.8) is 0 Å². The maximum absolute atomic E-state index is 11.7. The van der Waals surface area contributed by atoms with E-state index >= 15 is 0 Å². The predicted octanol–water partition coefficient (Wildman–Crippen LogP) is 1.65. The lowest BCUT2D eigenvalue weighted by Gasteiger charge is -2.18. The number of hydrogen-bond acceptors (Lipinski definition) is 8. The summed E-state index contributed by atoms with van der Waals surface area (Å²) in [5.74, 6) is 0.467. The van der Waals surface area contributed by atoms with Crippen LogP contribution in [0.2, 0.25) is 5.28 Å². The molecule has 3 heterocycles. The average molecular weight is 447 g/mol. The zero-order valence-corrected chi connectivity index (χ0v) is 17.3. The van der Waals surface area contributed by atoms with Gasteiger partial charge in [-0.15, -0.1) is 11.8 Å². The Labute approximate surface area is 180 Å². The van der Waals surface area contributed by atoms with E-state index in [9.17, 15) is 15.0 Å². The van der Waals surface area contributed by atoms with Crippen molar-refractivity contribution in [3.8, 4) is 0 Å². The minimum atomic E-state index is -0.925. The largest absolute Gasteiger partial charge is 0.389 e. The molecule has 30 heavy (non-hydrogen) atoms. The van der Waals surface area contributed by atoms with Crippen LogP contribution in [0.4, 0.5) is 5.82 Å². The number of aliphatic hydroxyl groups excluding tert-OH is 2. The van der Waals surface area contributed by atoms with Crippen molar-refractivity contribution in [1.82, 2.24) is 19.5 Å². The number of carbonyl (C=O) groups excluding carboxylic acids is 1. The van der Waals surface area contributed by atoms with Crippen LogP contribution in [-0.4, -0.2) is 53.6 Å². The maximum atomic E-state index is 11.7. The van der Waals surface area contributed by atoms with Gasteiger partial charge in [-0.1, -0.05) is 12.1 Å². The van der Waals surface area contributed by atoms with E-state index < -0.39 is 23.5 Å². The van der Waals surface area contributed by atoms with E-state index in [1.54, 1.807) is 17.0 Å². The Kier molecular flexibility index (Phi) is 4.81. The molecule has 1 aliphatic heterocycles. The SMILES string of the molecule is NC(=O)c1cccc2c1CC[C@H]2Nc1nc(Cl)nc2c1ncn2[C@@H]1SC[C@@H](O)[C@H]1O. The third-order valence-corrected chi connectivity index (χ3v) is 7.19. The van der Waals surface area contributed by atoms with Crippen LogP contribution in [0.1, 0.15) is 39.3 Å². The Hall–Kier alpha value is -2.40. The van der Waals surface area contributed by atoms with Crippen molar-refractivity contribution in [1.29, 1.82) is 0 Å². The molecule has 0 spiro atoms. The van der Waals surface area contributed by atoms with Crippen molar-refractivity contribution in [2.75, 3.05) is 11.1 Å².